The van der Waals surface area contributed by atoms with Crippen LogP contribution in [0.3, 0.4) is 0 Å². The van der Waals surface area contributed by atoms with E-state index >= 15 is 0 Å². The average molecular weight is 295 g/mol. The van der Waals surface area contributed by atoms with E-state index in [4.69, 9.17) is 23.2 Å². The normalized spacial score (nSPS) is 12.4. The second kappa shape index (κ2) is 6.42. The highest BCUT2D eigenvalue weighted by Crippen LogP contribution is 2.22. The summed E-state index contributed by atoms with van der Waals surface area (Å²) in [6.07, 6.45) is 0.662. The number of aliphatic hydroxyl groups is 1. The Morgan fingerprint density at radius 3 is 2.58 bits per heavy atom. The molecule has 1 unspecified atom stereocenters. The fourth-order valence-corrected chi connectivity index (χ4v) is 2.53. The first kappa shape index (κ1) is 14.4. The van der Waals surface area contributed by atoms with Gasteiger partial charge in [-0.15, -0.1) is 0 Å². The van der Waals surface area contributed by atoms with Gasteiger partial charge in [0.2, 0.25) is 0 Å². The molecule has 19 heavy (non-hydrogen) atoms. The van der Waals surface area contributed by atoms with E-state index in [1.54, 1.807) is 12.1 Å². The quantitative estimate of drug-likeness (QED) is 0.883. The molecule has 0 fully saturated rings. The molecule has 0 aliphatic carbocycles. The predicted octanol–water partition coefficient (Wildman–Crippen LogP) is 4.45. The third-order valence-corrected chi connectivity index (χ3v) is 3.62. The van der Waals surface area contributed by atoms with Crippen molar-refractivity contribution < 1.29 is 5.11 Å². The van der Waals surface area contributed by atoms with Crippen LogP contribution in [0.25, 0.3) is 0 Å². The Balaban J connectivity index is 2.05. The summed E-state index contributed by atoms with van der Waals surface area (Å²) in [5, 5.41) is 11.4. The van der Waals surface area contributed by atoms with Crippen LogP contribution in [0.5, 0.6) is 0 Å². The molecule has 3 heteroatoms. The highest BCUT2D eigenvalue weighted by atomic mass is 35.5. The van der Waals surface area contributed by atoms with Gasteiger partial charge in [0.05, 0.1) is 6.10 Å². The lowest BCUT2D eigenvalue weighted by Crippen LogP contribution is -2.14. The Hall–Kier alpha value is -1.02. The summed E-state index contributed by atoms with van der Waals surface area (Å²) in [6, 6.07) is 13.5. The van der Waals surface area contributed by atoms with Crippen LogP contribution in [0.4, 0.5) is 0 Å². The number of halogens is 2. The lowest BCUT2D eigenvalue weighted by atomic mass is 10.0. The third kappa shape index (κ3) is 4.24. The lowest BCUT2D eigenvalue weighted by molar-refractivity contribution is 0.175. The van der Waals surface area contributed by atoms with Gasteiger partial charge < -0.3 is 5.11 Å². The molecule has 0 spiro atoms. The first-order valence-electron chi connectivity index (χ1n) is 6.22. The molecule has 0 bridgehead atoms. The largest absolute Gasteiger partial charge is 0.392 e. The summed E-state index contributed by atoms with van der Waals surface area (Å²) in [6.45, 7) is 2.05. The van der Waals surface area contributed by atoms with Crippen molar-refractivity contribution in [1.82, 2.24) is 0 Å². The first-order valence-corrected chi connectivity index (χ1v) is 6.98. The highest BCUT2D eigenvalue weighted by molar-refractivity contribution is 6.33. The molecule has 2 rings (SSSR count). The van der Waals surface area contributed by atoms with Gasteiger partial charge in [-0.3, -0.25) is 0 Å². The van der Waals surface area contributed by atoms with Crippen molar-refractivity contribution in [2.45, 2.75) is 25.9 Å². The molecule has 0 aliphatic heterocycles. The van der Waals surface area contributed by atoms with Crippen LogP contribution >= 0.6 is 23.2 Å². The van der Waals surface area contributed by atoms with E-state index in [0.717, 1.165) is 11.1 Å². The Morgan fingerprint density at radius 2 is 1.84 bits per heavy atom. The molecule has 2 aromatic rings. The molecule has 0 aromatic heterocycles. The SMILES string of the molecule is Cc1cccc(CC(O)Cc2cc(Cl)ccc2Cl)c1. The Morgan fingerprint density at radius 1 is 1.05 bits per heavy atom. The van der Waals surface area contributed by atoms with Gasteiger partial charge in [-0.25, -0.2) is 0 Å². The topological polar surface area (TPSA) is 20.2 Å². The number of rotatable bonds is 4. The summed E-state index contributed by atoms with van der Waals surface area (Å²) < 4.78 is 0. The molecule has 0 heterocycles. The van der Waals surface area contributed by atoms with Crippen molar-refractivity contribution in [3.63, 3.8) is 0 Å². The zero-order valence-electron chi connectivity index (χ0n) is 10.7. The van der Waals surface area contributed by atoms with Crippen molar-refractivity contribution in [1.29, 1.82) is 0 Å². The summed E-state index contributed by atoms with van der Waals surface area (Å²) >= 11 is 12.0. The fourth-order valence-electron chi connectivity index (χ4n) is 2.14. The molecule has 1 nitrogen and oxygen atoms in total. The maximum Gasteiger partial charge on any atom is 0.0621 e. The van der Waals surface area contributed by atoms with Gasteiger partial charge in [0, 0.05) is 16.5 Å². The van der Waals surface area contributed by atoms with E-state index in [-0.39, 0.29) is 0 Å². The molecule has 0 aliphatic rings. The molecular weight excluding hydrogens is 279 g/mol. The minimum atomic E-state index is -0.460. The Kier molecular flexibility index (Phi) is 4.87. The zero-order valence-corrected chi connectivity index (χ0v) is 12.2. The van der Waals surface area contributed by atoms with Crippen LogP contribution in [0.1, 0.15) is 16.7 Å². The highest BCUT2D eigenvalue weighted by Gasteiger charge is 2.10. The van der Waals surface area contributed by atoms with E-state index in [1.807, 2.05) is 31.2 Å². The van der Waals surface area contributed by atoms with Gasteiger partial charge in [-0.05, 0) is 42.7 Å². The van der Waals surface area contributed by atoms with Gasteiger partial charge >= 0.3 is 0 Å². The van der Waals surface area contributed by atoms with Gasteiger partial charge in [0.25, 0.3) is 0 Å². The molecule has 0 radical (unpaired) electrons. The molecular formula is C16H16Cl2O. The van der Waals surface area contributed by atoms with Crippen LogP contribution in [-0.4, -0.2) is 11.2 Å². The number of benzene rings is 2. The molecule has 100 valence electrons. The molecule has 2 aromatic carbocycles. The van der Waals surface area contributed by atoms with Gasteiger partial charge in [0.1, 0.15) is 0 Å². The molecule has 1 N–H and O–H groups in total. The number of hydrogen-bond donors (Lipinski definition) is 1. The van der Waals surface area contributed by atoms with Crippen molar-refractivity contribution in [2.75, 3.05) is 0 Å². The van der Waals surface area contributed by atoms with E-state index in [2.05, 4.69) is 6.07 Å². The number of hydrogen-bond acceptors (Lipinski definition) is 1. The van der Waals surface area contributed by atoms with Crippen LogP contribution in [0.15, 0.2) is 42.5 Å². The second-order valence-electron chi connectivity index (χ2n) is 4.79. The molecule has 0 saturated heterocycles. The van der Waals surface area contributed by atoms with E-state index in [9.17, 15) is 5.11 Å². The summed E-state index contributed by atoms with van der Waals surface area (Å²) in [7, 11) is 0. The Bertz CT molecular complexity index is 566. The zero-order chi connectivity index (χ0) is 13.8. The van der Waals surface area contributed by atoms with Gasteiger partial charge in [-0.2, -0.15) is 0 Å². The van der Waals surface area contributed by atoms with Gasteiger partial charge in [-0.1, -0.05) is 53.0 Å². The average Bonchev–Trinajstić information content (AvgIpc) is 2.34. The van der Waals surface area contributed by atoms with Crippen molar-refractivity contribution >= 4 is 23.2 Å². The summed E-state index contributed by atoms with van der Waals surface area (Å²) in [5.41, 5.74) is 3.21. The molecule has 1 atom stereocenters. The molecule has 0 saturated carbocycles. The van der Waals surface area contributed by atoms with Crippen molar-refractivity contribution in [3.05, 3.63) is 69.2 Å². The van der Waals surface area contributed by atoms with E-state index < -0.39 is 6.10 Å². The standard InChI is InChI=1S/C16H16Cl2O/c1-11-3-2-4-12(7-11)8-15(19)10-13-9-14(17)5-6-16(13)18/h2-7,9,15,19H,8,10H2,1H3. The van der Waals surface area contributed by atoms with Crippen LogP contribution in [0, 0.1) is 6.92 Å². The van der Waals surface area contributed by atoms with Crippen LogP contribution < -0.4 is 0 Å². The number of aryl methyl sites for hydroxylation is 1. The maximum absolute atomic E-state index is 10.2. The van der Waals surface area contributed by atoms with Crippen molar-refractivity contribution in [2.24, 2.45) is 0 Å². The summed E-state index contributed by atoms with van der Waals surface area (Å²) in [4.78, 5) is 0. The minimum Gasteiger partial charge on any atom is -0.392 e. The minimum absolute atomic E-state index is 0.460. The van der Waals surface area contributed by atoms with E-state index in [1.165, 1.54) is 5.56 Å². The molecule has 0 amide bonds. The second-order valence-corrected chi connectivity index (χ2v) is 5.63. The van der Waals surface area contributed by atoms with Crippen LogP contribution in [-0.2, 0) is 12.8 Å². The lowest BCUT2D eigenvalue weighted by Gasteiger charge is -2.12. The Labute approximate surface area is 123 Å². The third-order valence-electron chi connectivity index (χ3n) is 3.02. The maximum atomic E-state index is 10.2. The van der Waals surface area contributed by atoms with Crippen LogP contribution in [0.2, 0.25) is 10.0 Å². The summed E-state index contributed by atoms with van der Waals surface area (Å²) in [5.74, 6) is 0. The van der Waals surface area contributed by atoms with Crippen molar-refractivity contribution in [3.8, 4) is 0 Å². The predicted molar refractivity (Wildman–Crippen MR) is 81.1 cm³/mol. The number of aliphatic hydroxyl groups excluding tert-OH is 1. The smallest absolute Gasteiger partial charge is 0.0621 e. The van der Waals surface area contributed by atoms with Gasteiger partial charge in [0.15, 0.2) is 0 Å². The first-order chi connectivity index (χ1) is 9.04. The fraction of sp³-hybridized carbons (Fsp3) is 0.250. The monoisotopic (exact) mass is 294 g/mol. The van der Waals surface area contributed by atoms with E-state index in [0.29, 0.717) is 22.9 Å².